The van der Waals surface area contributed by atoms with E-state index < -0.39 is 0 Å². The van der Waals surface area contributed by atoms with Gasteiger partial charge >= 0.3 is 0 Å². The molecular weight excluding hydrogens is 414 g/mol. The number of nitrogens with zero attached hydrogens (tertiary/aromatic N) is 1. The minimum atomic E-state index is -0.333. The number of amides is 1. The van der Waals surface area contributed by atoms with Gasteiger partial charge in [-0.1, -0.05) is 42.5 Å². The quantitative estimate of drug-likeness (QED) is 0.154. The van der Waals surface area contributed by atoms with Gasteiger partial charge in [0.05, 0.1) is 0 Å². The van der Waals surface area contributed by atoms with Crippen molar-refractivity contribution in [3.05, 3.63) is 54.1 Å². The second kappa shape index (κ2) is 14.7. The molecule has 0 aromatic heterocycles. The van der Waals surface area contributed by atoms with E-state index in [9.17, 15) is 4.79 Å². The van der Waals surface area contributed by atoms with E-state index in [4.69, 9.17) is 9.94 Å². The number of ether oxygens (including phenoxy) is 1. The largest absolute Gasteiger partial charge is 0.489 e. The van der Waals surface area contributed by atoms with Crippen molar-refractivity contribution in [1.29, 1.82) is 0 Å². The van der Waals surface area contributed by atoms with Crippen LogP contribution in [0.2, 0.25) is 0 Å². The lowest BCUT2D eigenvalue weighted by molar-refractivity contribution is -0.129. The highest BCUT2D eigenvalue weighted by molar-refractivity contribution is 5.88. The third-order valence-corrected chi connectivity index (χ3v) is 5.80. The fourth-order valence-electron chi connectivity index (χ4n) is 4.04. The maximum atomic E-state index is 11.2. The molecule has 0 spiro atoms. The molecule has 0 saturated carbocycles. The molecule has 0 saturated heterocycles. The van der Waals surface area contributed by atoms with Crippen LogP contribution in [-0.2, 0) is 4.79 Å². The van der Waals surface area contributed by atoms with Gasteiger partial charge in [-0.05, 0) is 64.0 Å². The zero-order valence-corrected chi connectivity index (χ0v) is 20.6. The molecule has 0 atom stereocenters. The summed E-state index contributed by atoms with van der Waals surface area (Å²) in [4.78, 5) is 13.7. The first-order valence-electron chi connectivity index (χ1n) is 12.1. The van der Waals surface area contributed by atoms with Crippen LogP contribution >= 0.6 is 0 Å². The van der Waals surface area contributed by atoms with E-state index in [-0.39, 0.29) is 5.91 Å². The Morgan fingerprint density at radius 1 is 1.06 bits per heavy atom. The maximum Gasteiger partial charge on any atom is 0.243 e. The molecule has 0 heterocycles. The molecule has 6 nitrogen and oxygen atoms in total. The zero-order chi connectivity index (χ0) is 24.1. The third-order valence-electron chi connectivity index (χ3n) is 5.80. The van der Waals surface area contributed by atoms with Crippen molar-refractivity contribution in [2.24, 2.45) is 0 Å². The molecule has 0 fully saturated rings. The molecule has 0 aliphatic carbocycles. The zero-order valence-electron chi connectivity index (χ0n) is 20.6. The monoisotopic (exact) mass is 455 g/mol. The van der Waals surface area contributed by atoms with Crippen LogP contribution in [0.3, 0.4) is 0 Å². The van der Waals surface area contributed by atoms with Gasteiger partial charge in [-0.2, -0.15) is 0 Å². The van der Waals surface area contributed by atoms with Crippen LogP contribution < -0.4 is 15.5 Å². The molecule has 33 heavy (non-hydrogen) atoms. The summed E-state index contributed by atoms with van der Waals surface area (Å²) in [5.74, 6) is 0.560. The molecule has 0 aliphatic heterocycles. The van der Waals surface area contributed by atoms with E-state index in [0.717, 1.165) is 50.0 Å². The smallest absolute Gasteiger partial charge is 0.243 e. The van der Waals surface area contributed by atoms with Crippen LogP contribution in [0.1, 0.15) is 53.4 Å². The first-order chi connectivity index (χ1) is 15.9. The van der Waals surface area contributed by atoms with Crippen molar-refractivity contribution < 1.29 is 14.7 Å². The van der Waals surface area contributed by atoms with Gasteiger partial charge in [0, 0.05) is 43.5 Å². The summed E-state index contributed by atoms with van der Waals surface area (Å²) in [6.07, 6.45) is 5.06. The van der Waals surface area contributed by atoms with Gasteiger partial charge < -0.3 is 10.1 Å². The van der Waals surface area contributed by atoms with E-state index >= 15 is 0 Å². The van der Waals surface area contributed by atoms with Gasteiger partial charge in [-0.15, -0.1) is 0 Å². The Bertz CT molecular complexity index is 867. The Kier molecular flexibility index (Phi) is 11.9. The van der Waals surface area contributed by atoms with E-state index in [0.29, 0.717) is 25.1 Å². The van der Waals surface area contributed by atoms with E-state index in [1.807, 2.05) is 24.3 Å². The molecule has 0 unspecified atom stereocenters. The van der Waals surface area contributed by atoms with Gasteiger partial charge in [-0.3, -0.25) is 14.9 Å². The summed E-state index contributed by atoms with van der Waals surface area (Å²) >= 11 is 0. The molecule has 1 amide bonds. The topological polar surface area (TPSA) is 73.8 Å². The highest BCUT2D eigenvalue weighted by Crippen LogP contribution is 2.25. The first kappa shape index (κ1) is 26.8. The summed E-state index contributed by atoms with van der Waals surface area (Å²) < 4.78 is 6.23. The van der Waals surface area contributed by atoms with Gasteiger partial charge in [-0.25, -0.2) is 5.48 Å². The number of benzene rings is 2. The average Bonchev–Trinajstić information content (AvgIpc) is 2.80. The Morgan fingerprint density at radius 3 is 2.52 bits per heavy atom. The first-order valence-corrected chi connectivity index (χ1v) is 12.1. The molecule has 3 N–H and O–H groups in total. The highest BCUT2D eigenvalue weighted by atomic mass is 16.5. The Hall–Kier alpha value is -2.41. The second-order valence-corrected chi connectivity index (χ2v) is 9.01. The number of carbonyl (C=O) groups excluding carboxylic acids is 1. The molecular formula is C27H41N3O3. The molecule has 0 aliphatic rings. The minimum Gasteiger partial charge on any atom is -0.489 e. The van der Waals surface area contributed by atoms with Gasteiger partial charge in [0.25, 0.3) is 0 Å². The molecule has 2 aromatic carbocycles. The van der Waals surface area contributed by atoms with E-state index in [1.54, 1.807) is 5.48 Å². The summed E-state index contributed by atoms with van der Waals surface area (Å²) in [6, 6.07) is 15.4. The minimum absolute atomic E-state index is 0.333. The number of fused-ring (bicyclic) bond motifs is 1. The van der Waals surface area contributed by atoms with Crippen molar-refractivity contribution in [2.45, 2.75) is 65.5 Å². The SMILES string of the molecule is CC(C)N(CCNC/C(=C/CCCCC(=O)NO)COc1cccc2ccccc12)C(C)C. The lowest BCUT2D eigenvalue weighted by Crippen LogP contribution is -2.41. The van der Waals surface area contributed by atoms with E-state index in [2.05, 4.69) is 62.2 Å². The Labute approximate surface area is 199 Å². The van der Waals surface area contributed by atoms with Crippen LogP contribution in [-0.4, -0.2) is 54.3 Å². The summed E-state index contributed by atoms with van der Waals surface area (Å²) in [6.45, 7) is 12.2. The van der Waals surface area contributed by atoms with Gasteiger partial charge in [0.1, 0.15) is 12.4 Å². The normalized spacial score (nSPS) is 12.2. The molecule has 6 heteroatoms. The lowest BCUT2D eigenvalue weighted by atomic mass is 10.1. The van der Waals surface area contributed by atoms with E-state index in [1.165, 1.54) is 11.0 Å². The summed E-state index contributed by atoms with van der Waals surface area (Å²) in [5.41, 5.74) is 2.89. The fourth-order valence-corrected chi connectivity index (χ4v) is 4.04. The number of hydrogen-bond donors (Lipinski definition) is 3. The maximum absolute atomic E-state index is 11.2. The standard InChI is InChI=1S/C27H41N3O3/c1-21(2)30(22(3)4)18-17-28-19-23(11-6-5-7-16-27(31)29-32)20-33-26-15-10-13-24-12-8-9-14-25(24)26/h8-15,21-22,28,32H,5-7,16-20H2,1-4H3,(H,29,31)/b23-11-. The lowest BCUT2D eigenvalue weighted by Gasteiger charge is -2.30. The molecule has 0 bridgehead atoms. The molecule has 2 aromatic rings. The van der Waals surface area contributed by atoms with Crippen LogP contribution in [0.5, 0.6) is 5.75 Å². The fraction of sp³-hybridized carbons (Fsp3) is 0.519. The number of hydrogen-bond acceptors (Lipinski definition) is 5. The van der Waals surface area contributed by atoms with Gasteiger partial charge in [0.15, 0.2) is 0 Å². The number of allylic oxidation sites excluding steroid dienone is 1. The molecule has 0 radical (unpaired) electrons. The highest BCUT2D eigenvalue weighted by Gasteiger charge is 2.12. The molecule has 2 rings (SSSR count). The average molecular weight is 456 g/mol. The number of nitrogens with one attached hydrogen (secondary N) is 2. The predicted molar refractivity (Wildman–Crippen MR) is 136 cm³/mol. The summed E-state index contributed by atoms with van der Waals surface area (Å²) in [7, 11) is 0. The number of unbranched alkanes of at least 4 members (excludes halogenated alkanes) is 2. The van der Waals surface area contributed by atoms with Crippen molar-refractivity contribution >= 4 is 16.7 Å². The van der Waals surface area contributed by atoms with Crippen LogP contribution in [0.15, 0.2) is 54.1 Å². The van der Waals surface area contributed by atoms with Crippen molar-refractivity contribution in [3.63, 3.8) is 0 Å². The Morgan fingerprint density at radius 2 is 1.79 bits per heavy atom. The second-order valence-electron chi connectivity index (χ2n) is 9.01. The number of hydroxylamine groups is 1. The van der Waals surface area contributed by atoms with Gasteiger partial charge in [0.2, 0.25) is 5.91 Å². The van der Waals surface area contributed by atoms with Crippen LogP contribution in [0.4, 0.5) is 0 Å². The number of rotatable bonds is 15. The van der Waals surface area contributed by atoms with Crippen LogP contribution in [0.25, 0.3) is 10.8 Å². The Balaban J connectivity index is 1.94. The van der Waals surface area contributed by atoms with Crippen LogP contribution in [0, 0.1) is 0 Å². The number of carbonyl (C=O) groups is 1. The van der Waals surface area contributed by atoms with Crippen molar-refractivity contribution in [3.8, 4) is 5.75 Å². The third kappa shape index (κ3) is 9.54. The molecule has 182 valence electrons. The summed E-state index contributed by atoms with van der Waals surface area (Å²) in [5, 5.41) is 14.5. The van der Waals surface area contributed by atoms with Crippen molar-refractivity contribution in [2.75, 3.05) is 26.2 Å². The predicted octanol–water partition coefficient (Wildman–Crippen LogP) is 4.92. The van der Waals surface area contributed by atoms with Crippen molar-refractivity contribution in [1.82, 2.24) is 15.7 Å².